The second-order valence-electron chi connectivity index (χ2n) is 5.85. The van der Waals surface area contributed by atoms with Crippen LogP contribution in [0, 0.1) is 0 Å². The van der Waals surface area contributed by atoms with E-state index in [0.29, 0.717) is 11.6 Å². The Morgan fingerprint density at radius 3 is 2.27 bits per heavy atom. The molecule has 2 heterocycles. The quantitative estimate of drug-likeness (QED) is 0.555. The first-order chi connectivity index (χ1) is 12.7. The zero-order valence-electron chi connectivity index (χ0n) is 14.2. The van der Waals surface area contributed by atoms with Gasteiger partial charge >= 0.3 is 0 Å². The molecule has 6 nitrogen and oxygen atoms in total. The molecule has 0 saturated carbocycles. The fourth-order valence-electron chi connectivity index (χ4n) is 3.09. The summed E-state index contributed by atoms with van der Waals surface area (Å²) in [6, 6.07) is 15.9. The molecule has 0 saturated heterocycles. The Balaban J connectivity index is 1.81. The molecule has 2 aromatic heterocycles. The number of nitrogens with two attached hydrogens (primary N) is 1. The first-order valence-electron chi connectivity index (χ1n) is 8.32. The molecule has 4 aromatic rings. The van der Waals surface area contributed by atoms with E-state index in [4.69, 9.17) is 5.73 Å². The predicted molar refractivity (Wildman–Crippen MR) is 104 cm³/mol. The van der Waals surface area contributed by atoms with E-state index in [-0.39, 0.29) is 17.1 Å². The van der Waals surface area contributed by atoms with Crippen molar-refractivity contribution in [2.24, 2.45) is 0 Å². The van der Waals surface area contributed by atoms with Crippen molar-refractivity contribution in [1.29, 1.82) is 0 Å². The molecule has 2 aromatic carbocycles. The van der Waals surface area contributed by atoms with Crippen LogP contribution in [-0.4, -0.2) is 30.7 Å². The van der Waals surface area contributed by atoms with Gasteiger partial charge in [0.25, 0.3) is 0 Å². The molecule has 2 N–H and O–H groups in total. The van der Waals surface area contributed by atoms with Gasteiger partial charge in [0, 0.05) is 10.8 Å². The lowest BCUT2D eigenvalue weighted by Crippen LogP contribution is -2.23. The first-order valence-corrected chi connectivity index (χ1v) is 9.20. The Morgan fingerprint density at radius 2 is 1.69 bits per heavy atom. The standard InChI is InChI=1S/C19H17N5OS/c1-2-16(26-19-22-11-21-18(20)23-19)17(25)24-14-9-5-3-7-12(14)13-8-4-6-10-15(13)24/h3-11,16H,2H2,1H3,(H2,20,21,22,23). The van der Waals surface area contributed by atoms with E-state index in [9.17, 15) is 4.79 Å². The van der Waals surface area contributed by atoms with E-state index in [2.05, 4.69) is 15.0 Å². The minimum atomic E-state index is -0.323. The highest BCUT2D eigenvalue weighted by Crippen LogP contribution is 2.31. The average molecular weight is 363 g/mol. The van der Waals surface area contributed by atoms with Crippen molar-refractivity contribution < 1.29 is 4.79 Å². The van der Waals surface area contributed by atoms with Gasteiger partial charge in [0.15, 0.2) is 5.16 Å². The molecule has 4 rings (SSSR count). The van der Waals surface area contributed by atoms with Crippen LogP contribution in [0.4, 0.5) is 5.95 Å². The first kappa shape index (κ1) is 16.5. The molecule has 0 fully saturated rings. The van der Waals surface area contributed by atoms with E-state index in [1.807, 2.05) is 55.5 Å². The smallest absolute Gasteiger partial charge is 0.245 e. The van der Waals surface area contributed by atoms with Crippen molar-refractivity contribution >= 4 is 45.4 Å². The van der Waals surface area contributed by atoms with Gasteiger partial charge in [-0.15, -0.1) is 0 Å². The van der Waals surface area contributed by atoms with E-state index >= 15 is 0 Å². The number of benzene rings is 2. The number of carbonyl (C=O) groups is 1. The highest BCUT2D eigenvalue weighted by molar-refractivity contribution is 8.00. The van der Waals surface area contributed by atoms with Gasteiger partial charge in [0.05, 0.1) is 16.3 Å². The highest BCUT2D eigenvalue weighted by Gasteiger charge is 2.24. The summed E-state index contributed by atoms with van der Waals surface area (Å²) in [5, 5.41) is 2.27. The Morgan fingerprint density at radius 1 is 1.08 bits per heavy atom. The number of fused-ring (bicyclic) bond motifs is 3. The third-order valence-electron chi connectivity index (χ3n) is 4.26. The van der Waals surface area contributed by atoms with Crippen LogP contribution in [-0.2, 0) is 0 Å². The number of anilines is 1. The molecule has 0 amide bonds. The van der Waals surface area contributed by atoms with E-state index in [1.54, 1.807) is 4.57 Å². The van der Waals surface area contributed by atoms with E-state index < -0.39 is 0 Å². The van der Waals surface area contributed by atoms with Crippen LogP contribution >= 0.6 is 11.8 Å². The molecule has 0 radical (unpaired) electrons. The average Bonchev–Trinajstić information content (AvgIpc) is 3.00. The van der Waals surface area contributed by atoms with Gasteiger partial charge in [-0.2, -0.15) is 4.98 Å². The molecule has 7 heteroatoms. The van der Waals surface area contributed by atoms with Gasteiger partial charge in [-0.05, 0) is 18.6 Å². The summed E-state index contributed by atoms with van der Waals surface area (Å²) in [5.41, 5.74) is 7.45. The fraction of sp³-hybridized carbons (Fsp3) is 0.158. The summed E-state index contributed by atoms with van der Waals surface area (Å²) < 4.78 is 1.80. The number of rotatable bonds is 4. The van der Waals surface area contributed by atoms with Gasteiger partial charge in [0.2, 0.25) is 11.9 Å². The number of aromatic nitrogens is 4. The van der Waals surface area contributed by atoms with Gasteiger partial charge in [0.1, 0.15) is 6.33 Å². The number of thioether (sulfide) groups is 1. The zero-order chi connectivity index (χ0) is 18.1. The normalized spacial score (nSPS) is 12.5. The van der Waals surface area contributed by atoms with Crippen molar-refractivity contribution in [2.75, 3.05) is 5.73 Å². The second kappa shape index (κ2) is 6.76. The summed E-state index contributed by atoms with van der Waals surface area (Å²) in [7, 11) is 0. The van der Waals surface area contributed by atoms with Crippen molar-refractivity contribution in [3.05, 3.63) is 54.9 Å². The molecule has 1 unspecified atom stereocenters. The third-order valence-corrected chi connectivity index (χ3v) is 5.49. The van der Waals surface area contributed by atoms with Gasteiger partial charge in [-0.3, -0.25) is 9.36 Å². The Kier molecular flexibility index (Phi) is 4.30. The fourth-order valence-corrected chi connectivity index (χ4v) is 3.97. The monoisotopic (exact) mass is 363 g/mol. The lowest BCUT2D eigenvalue weighted by Gasteiger charge is -2.14. The van der Waals surface area contributed by atoms with E-state index in [1.165, 1.54) is 18.1 Å². The minimum absolute atomic E-state index is 0.00823. The van der Waals surface area contributed by atoms with Crippen LogP contribution in [0.15, 0.2) is 60.0 Å². The van der Waals surface area contributed by atoms with Crippen molar-refractivity contribution in [3.63, 3.8) is 0 Å². The minimum Gasteiger partial charge on any atom is -0.368 e. The summed E-state index contributed by atoms with van der Waals surface area (Å²) in [4.78, 5) is 25.4. The predicted octanol–water partition coefficient (Wildman–Crippen LogP) is 3.77. The summed E-state index contributed by atoms with van der Waals surface area (Å²) in [6.45, 7) is 1.98. The summed E-state index contributed by atoms with van der Waals surface area (Å²) in [6.07, 6.45) is 2.01. The molecule has 0 spiro atoms. The van der Waals surface area contributed by atoms with Gasteiger partial charge in [-0.25, -0.2) is 9.97 Å². The molecule has 0 aliphatic heterocycles. The van der Waals surface area contributed by atoms with Crippen molar-refractivity contribution in [1.82, 2.24) is 19.5 Å². The van der Waals surface area contributed by atoms with Crippen LogP contribution in [0.3, 0.4) is 0 Å². The highest BCUT2D eigenvalue weighted by atomic mass is 32.2. The number of para-hydroxylation sites is 2. The maximum Gasteiger partial charge on any atom is 0.245 e. The van der Waals surface area contributed by atoms with Crippen molar-refractivity contribution in [2.45, 2.75) is 23.8 Å². The molecular weight excluding hydrogens is 346 g/mol. The molecular formula is C19H17N5OS. The van der Waals surface area contributed by atoms with Crippen LogP contribution in [0.25, 0.3) is 21.8 Å². The van der Waals surface area contributed by atoms with Crippen LogP contribution < -0.4 is 5.73 Å². The lowest BCUT2D eigenvalue weighted by molar-refractivity contribution is 0.0919. The number of nitrogens with zero attached hydrogens (tertiary/aromatic N) is 4. The number of carbonyl (C=O) groups excluding carboxylic acids is 1. The van der Waals surface area contributed by atoms with Crippen LogP contribution in [0.1, 0.15) is 18.1 Å². The number of hydrogen-bond donors (Lipinski definition) is 1. The van der Waals surface area contributed by atoms with Gasteiger partial charge < -0.3 is 5.73 Å². The summed E-state index contributed by atoms with van der Waals surface area (Å²) >= 11 is 1.31. The molecule has 130 valence electrons. The molecule has 0 aliphatic carbocycles. The molecule has 0 aliphatic rings. The van der Waals surface area contributed by atoms with Gasteiger partial charge in [-0.1, -0.05) is 55.1 Å². The topological polar surface area (TPSA) is 86.7 Å². The number of nitrogen functional groups attached to an aromatic ring is 1. The maximum atomic E-state index is 13.4. The third kappa shape index (κ3) is 2.80. The van der Waals surface area contributed by atoms with Crippen LogP contribution in [0.2, 0.25) is 0 Å². The second-order valence-corrected chi connectivity index (χ2v) is 7.02. The number of hydrogen-bond acceptors (Lipinski definition) is 6. The molecule has 26 heavy (non-hydrogen) atoms. The van der Waals surface area contributed by atoms with E-state index in [0.717, 1.165) is 21.8 Å². The Labute approximate surface area is 154 Å². The SMILES string of the molecule is CCC(Sc1ncnc(N)n1)C(=O)n1c2ccccc2c2ccccc21. The van der Waals surface area contributed by atoms with Crippen molar-refractivity contribution in [3.8, 4) is 0 Å². The largest absolute Gasteiger partial charge is 0.368 e. The molecule has 0 bridgehead atoms. The van der Waals surface area contributed by atoms with Crippen LogP contribution in [0.5, 0.6) is 0 Å². The Hall–Kier alpha value is -2.93. The summed E-state index contributed by atoms with van der Waals surface area (Å²) in [5.74, 6) is 0.163. The maximum absolute atomic E-state index is 13.4. The zero-order valence-corrected chi connectivity index (χ0v) is 15.0. The molecule has 1 atom stereocenters. The lowest BCUT2D eigenvalue weighted by atomic mass is 10.2. The Bertz CT molecular complexity index is 1050.